The summed E-state index contributed by atoms with van der Waals surface area (Å²) in [5.74, 6) is 0.393. The van der Waals surface area contributed by atoms with Crippen molar-refractivity contribution in [1.82, 2.24) is 9.80 Å². The van der Waals surface area contributed by atoms with Gasteiger partial charge in [0.15, 0.2) is 0 Å². The first-order chi connectivity index (χ1) is 16.1. The molecule has 1 saturated carbocycles. The van der Waals surface area contributed by atoms with Gasteiger partial charge in [0.25, 0.3) is 0 Å². The first-order valence-electron chi connectivity index (χ1n) is 12.0. The third-order valence-electron chi connectivity index (χ3n) is 7.32. The maximum atomic E-state index is 13.1. The van der Waals surface area contributed by atoms with Crippen molar-refractivity contribution in [3.8, 4) is 11.8 Å². The van der Waals surface area contributed by atoms with Crippen LogP contribution in [0, 0.1) is 17.1 Å². The van der Waals surface area contributed by atoms with E-state index in [1.54, 1.807) is 19.2 Å². The van der Waals surface area contributed by atoms with Crippen molar-refractivity contribution in [3.63, 3.8) is 0 Å². The summed E-state index contributed by atoms with van der Waals surface area (Å²) in [4.78, 5) is 5.05. The number of benzene rings is 2. The van der Waals surface area contributed by atoms with Gasteiger partial charge in [0.05, 0.1) is 11.5 Å². The highest BCUT2D eigenvalue weighted by Crippen LogP contribution is 2.40. The molecule has 1 heterocycles. The predicted octanol–water partition coefficient (Wildman–Crippen LogP) is 4.24. The summed E-state index contributed by atoms with van der Waals surface area (Å²) in [5, 5.41) is 9.95. The third kappa shape index (κ3) is 5.92. The lowest BCUT2D eigenvalue weighted by Gasteiger charge is -2.44. The predicted molar refractivity (Wildman–Crippen MR) is 127 cm³/mol. The molecule has 2 fully saturated rings. The average molecular weight is 452 g/mol. The van der Waals surface area contributed by atoms with E-state index in [4.69, 9.17) is 9.47 Å². The highest BCUT2D eigenvalue weighted by molar-refractivity contribution is 5.33. The molecule has 2 aliphatic rings. The summed E-state index contributed by atoms with van der Waals surface area (Å²) in [7, 11) is 1.71. The van der Waals surface area contributed by atoms with E-state index in [9.17, 15) is 9.65 Å². The maximum absolute atomic E-state index is 13.1. The molecule has 176 valence electrons. The Balaban J connectivity index is 1.22. The topological polar surface area (TPSA) is 48.7 Å². The fourth-order valence-corrected chi connectivity index (χ4v) is 5.20. The summed E-state index contributed by atoms with van der Waals surface area (Å²) in [6.45, 7) is 5.38. The van der Waals surface area contributed by atoms with Crippen molar-refractivity contribution in [2.75, 3.05) is 46.4 Å². The minimum atomic E-state index is -0.324. The fraction of sp³-hybridized carbons (Fsp3) is 0.519. The number of halogens is 1. The molecule has 2 aromatic carbocycles. The monoisotopic (exact) mass is 451 g/mol. The first-order valence-corrected chi connectivity index (χ1v) is 12.0. The molecule has 1 saturated heterocycles. The smallest absolute Gasteiger partial charge is 0.123 e. The SMILES string of the molecule is COC(COc1ccc(F)cc1)CN1CCN(C2CCC(C#N)(c3ccccc3)CC2)CC1. The largest absolute Gasteiger partial charge is 0.491 e. The molecule has 0 bridgehead atoms. The summed E-state index contributed by atoms with van der Waals surface area (Å²) in [6.07, 6.45) is 4.00. The fourth-order valence-electron chi connectivity index (χ4n) is 5.20. The Morgan fingerprint density at radius 1 is 1.03 bits per heavy atom. The van der Waals surface area contributed by atoms with E-state index in [1.807, 2.05) is 18.2 Å². The van der Waals surface area contributed by atoms with Gasteiger partial charge >= 0.3 is 0 Å². The van der Waals surface area contributed by atoms with Gasteiger partial charge in [0.1, 0.15) is 24.3 Å². The van der Waals surface area contributed by atoms with Crippen molar-refractivity contribution in [1.29, 1.82) is 5.26 Å². The minimum Gasteiger partial charge on any atom is -0.491 e. The quantitative estimate of drug-likeness (QED) is 0.601. The number of ether oxygens (including phenoxy) is 2. The van der Waals surface area contributed by atoms with Crippen LogP contribution in [0.25, 0.3) is 0 Å². The van der Waals surface area contributed by atoms with Gasteiger partial charge in [-0.15, -0.1) is 0 Å². The molecule has 2 aromatic rings. The zero-order valence-corrected chi connectivity index (χ0v) is 19.5. The second-order valence-electron chi connectivity index (χ2n) is 9.25. The lowest BCUT2D eigenvalue weighted by Crippen LogP contribution is -2.53. The van der Waals surface area contributed by atoms with Crippen LogP contribution in [-0.4, -0.2) is 68.4 Å². The normalized spacial score (nSPS) is 25.3. The molecule has 0 N–H and O–H groups in total. The van der Waals surface area contributed by atoms with Crippen LogP contribution >= 0.6 is 0 Å². The van der Waals surface area contributed by atoms with Gasteiger partial charge in [0.2, 0.25) is 0 Å². The molecule has 4 rings (SSSR count). The van der Waals surface area contributed by atoms with E-state index < -0.39 is 0 Å². The average Bonchev–Trinajstić information content (AvgIpc) is 2.88. The standard InChI is InChI=1S/C27H34FN3O2/c1-32-26(20-33-25-9-7-23(28)8-10-25)19-30-15-17-31(18-16-30)24-11-13-27(21-29,14-12-24)22-5-3-2-4-6-22/h2-10,24,26H,11-20H2,1H3. The molecule has 0 aromatic heterocycles. The lowest BCUT2D eigenvalue weighted by atomic mass is 9.69. The number of nitrogens with zero attached hydrogens (tertiary/aromatic N) is 3. The van der Waals surface area contributed by atoms with Crippen molar-refractivity contribution >= 4 is 0 Å². The molecule has 0 spiro atoms. The Hall–Kier alpha value is -2.46. The van der Waals surface area contributed by atoms with Gasteiger partial charge in [-0.25, -0.2) is 4.39 Å². The molecule has 33 heavy (non-hydrogen) atoms. The maximum Gasteiger partial charge on any atom is 0.123 e. The third-order valence-corrected chi connectivity index (χ3v) is 7.32. The number of hydrogen-bond donors (Lipinski definition) is 0. The second-order valence-corrected chi connectivity index (χ2v) is 9.25. The number of methoxy groups -OCH3 is 1. The van der Waals surface area contributed by atoms with Crippen molar-refractivity contribution in [3.05, 3.63) is 66.0 Å². The summed E-state index contributed by atoms with van der Waals surface area (Å²) in [6, 6.07) is 19.6. The minimum absolute atomic E-state index is 0.0293. The number of piperazine rings is 1. The Morgan fingerprint density at radius 2 is 1.70 bits per heavy atom. The van der Waals surface area contributed by atoms with E-state index in [1.165, 1.54) is 17.7 Å². The molecule has 1 aliphatic carbocycles. The van der Waals surface area contributed by atoms with Gasteiger partial charge in [-0.3, -0.25) is 9.80 Å². The van der Waals surface area contributed by atoms with Crippen LogP contribution in [0.4, 0.5) is 4.39 Å². The highest BCUT2D eigenvalue weighted by atomic mass is 19.1. The number of nitriles is 1. The molecule has 5 nitrogen and oxygen atoms in total. The molecular formula is C27H34FN3O2. The molecule has 0 amide bonds. The van der Waals surface area contributed by atoms with Crippen LogP contribution in [0.5, 0.6) is 5.75 Å². The van der Waals surface area contributed by atoms with Crippen LogP contribution < -0.4 is 4.74 Å². The van der Waals surface area contributed by atoms with Crippen LogP contribution in [-0.2, 0) is 10.2 Å². The zero-order valence-electron chi connectivity index (χ0n) is 19.5. The molecule has 1 atom stereocenters. The Bertz CT molecular complexity index is 899. The molecular weight excluding hydrogens is 417 g/mol. The Labute approximate surface area is 196 Å². The van der Waals surface area contributed by atoms with E-state index >= 15 is 0 Å². The van der Waals surface area contributed by atoms with Crippen LogP contribution in [0.15, 0.2) is 54.6 Å². The van der Waals surface area contributed by atoms with Crippen LogP contribution in [0.1, 0.15) is 31.2 Å². The summed E-state index contributed by atoms with van der Waals surface area (Å²) >= 11 is 0. The van der Waals surface area contributed by atoms with Gasteiger partial charge in [-0.05, 0) is 55.5 Å². The lowest BCUT2D eigenvalue weighted by molar-refractivity contribution is 0.00674. The molecule has 0 radical (unpaired) electrons. The van der Waals surface area contributed by atoms with Crippen molar-refractivity contribution in [2.45, 2.75) is 43.2 Å². The Kier molecular flexibility index (Phi) is 7.97. The number of rotatable bonds is 8. The van der Waals surface area contributed by atoms with Crippen molar-refractivity contribution < 1.29 is 13.9 Å². The van der Waals surface area contributed by atoms with E-state index in [2.05, 4.69) is 28.0 Å². The first kappa shape index (κ1) is 23.7. The Morgan fingerprint density at radius 3 is 2.30 bits per heavy atom. The van der Waals surface area contributed by atoms with Gasteiger partial charge in [0, 0.05) is 45.9 Å². The van der Waals surface area contributed by atoms with Gasteiger partial charge < -0.3 is 9.47 Å². The second kappa shape index (κ2) is 11.1. The van der Waals surface area contributed by atoms with Crippen molar-refractivity contribution in [2.24, 2.45) is 0 Å². The molecule has 6 heteroatoms. The van der Waals surface area contributed by atoms with Crippen LogP contribution in [0.3, 0.4) is 0 Å². The number of hydrogen-bond acceptors (Lipinski definition) is 5. The summed E-state index contributed by atoms with van der Waals surface area (Å²) < 4.78 is 24.5. The van der Waals surface area contributed by atoms with E-state index in [0.29, 0.717) is 18.4 Å². The van der Waals surface area contributed by atoms with E-state index in [-0.39, 0.29) is 17.3 Å². The van der Waals surface area contributed by atoms with Gasteiger partial charge in [-0.2, -0.15) is 5.26 Å². The molecule has 1 aliphatic heterocycles. The summed E-state index contributed by atoms with van der Waals surface area (Å²) in [5.41, 5.74) is 0.847. The molecule has 1 unspecified atom stereocenters. The highest BCUT2D eigenvalue weighted by Gasteiger charge is 2.39. The zero-order chi connectivity index (χ0) is 23.1. The van der Waals surface area contributed by atoms with Crippen LogP contribution in [0.2, 0.25) is 0 Å². The van der Waals surface area contributed by atoms with Gasteiger partial charge in [-0.1, -0.05) is 30.3 Å². The van der Waals surface area contributed by atoms with E-state index in [0.717, 1.165) is 58.4 Å².